The second-order valence-corrected chi connectivity index (χ2v) is 4.97. The summed E-state index contributed by atoms with van der Waals surface area (Å²) in [5.74, 6) is 0.915. The highest BCUT2D eigenvalue weighted by molar-refractivity contribution is 4.90. The van der Waals surface area contributed by atoms with Gasteiger partial charge in [-0.05, 0) is 31.8 Å². The van der Waals surface area contributed by atoms with E-state index in [-0.39, 0.29) is 0 Å². The molecule has 1 atom stereocenters. The number of hydrogen-bond donors (Lipinski definition) is 1. The minimum absolute atomic E-state index is 0.700. The summed E-state index contributed by atoms with van der Waals surface area (Å²) in [6, 6.07) is 0.700. The van der Waals surface area contributed by atoms with Gasteiger partial charge in [0.05, 0.1) is 13.2 Å². The molecule has 2 bridgehead atoms. The standard InChI is InChI=1S/C11H21N3O/c1-3-13-4-2-10(1)11(9-13)12-14-5-7-15-8-6-14/h10-12H,1-9H2. The lowest BCUT2D eigenvalue weighted by atomic mass is 9.84. The Morgan fingerprint density at radius 1 is 1.00 bits per heavy atom. The number of rotatable bonds is 2. The van der Waals surface area contributed by atoms with Crippen LogP contribution in [0.5, 0.6) is 0 Å². The van der Waals surface area contributed by atoms with Crippen LogP contribution in [0.1, 0.15) is 12.8 Å². The molecule has 4 saturated heterocycles. The summed E-state index contributed by atoms with van der Waals surface area (Å²) in [6.07, 6.45) is 2.78. The summed E-state index contributed by atoms with van der Waals surface area (Å²) in [7, 11) is 0. The van der Waals surface area contributed by atoms with Crippen molar-refractivity contribution in [3.63, 3.8) is 0 Å². The zero-order valence-electron chi connectivity index (χ0n) is 9.32. The van der Waals surface area contributed by atoms with Crippen LogP contribution >= 0.6 is 0 Å². The molecular weight excluding hydrogens is 190 g/mol. The Labute approximate surface area is 91.5 Å². The zero-order valence-corrected chi connectivity index (χ0v) is 9.32. The Kier molecular flexibility index (Phi) is 2.92. The van der Waals surface area contributed by atoms with E-state index in [4.69, 9.17) is 4.74 Å². The van der Waals surface area contributed by atoms with E-state index >= 15 is 0 Å². The third-order valence-corrected chi connectivity index (χ3v) is 4.02. The Morgan fingerprint density at radius 2 is 1.73 bits per heavy atom. The summed E-state index contributed by atoms with van der Waals surface area (Å²) in [5.41, 5.74) is 3.70. The highest BCUT2D eigenvalue weighted by Gasteiger charge is 2.34. The van der Waals surface area contributed by atoms with Gasteiger partial charge in [0.1, 0.15) is 0 Å². The van der Waals surface area contributed by atoms with Crippen LogP contribution in [0.15, 0.2) is 0 Å². The molecule has 0 aliphatic carbocycles. The van der Waals surface area contributed by atoms with E-state index in [1.165, 1.54) is 32.5 Å². The number of fused-ring (bicyclic) bond motifs is 3. The first-order chi connectivity index (χ1) is 7.42. The maximum atomic E-state index is 5.36. The first kappa shape index (κ1) is 10.0. The van der Waals surface area contributed by atoms with E-state index in [1.54, 1.807) is 0 Å². The van der Waals surface area contributed by atoms with Crippen molar-refractivity contribution in [2.24, 2.45) is 5.92 Å². The number of nitrogens with zero attached hydrogens (tertiary/aromatic N) is 2. The number of morpholine rings is 1. The van der Waals surface area contributed by atoms with E-state index in [0.717, 1.165) is 32.2 Å². The van der Waals surface area contributed by atoms with Gasteiger partial charge in [-0.25, -0.2) is 5.01 Å². The van der Waals surface area contributed by atoms with Crippen molar-refractivity contribution in [1.82, 2.24) is 15.3 Å². The SMILES string of the molecule is C1CN(NC2CN3CCC2CC3)CCO1. The Morgan fingerprint density at radius 3 is 2.33 bits per heavy atom. The van der Waals surface area contributed by atoms with E-state index in [9.17, 15) is 0 Å². The van der Waals surface area contributed by atoms with Crippen molar-refractivity contribution < 1.29 is 4.74 Å². The molecule has 4 heterocycles. The summed E-state index contributed by atoms with van der Waals surface area (Å²) < 4.78 is 5.36. The highest BCUT2D eigenvalue weighted by atomic mass is 16.5. The van der Waals surface area contributed by atoms with Crippen LogP contribution in [-0.2, 0) is 4.74 Å². The molecule has 4 fully saturated rings. The van der Waals surface area contributed by atoms with Gasteiger partial charge in [0.25, 0.3) is 0 Å². The molecule has 1 unspecified atom stereocenters. The topological polar surface area (TPSA) is 27.7 Å². The third-order valence-electron chi connectivity index (χ3n) is 4.02. The molecule has 4 aliphatic heterocycles. The molecule has 4 rings (SSSR count). The molecule has 1 N–H and O–H groups in total. The molecule has 4 nitrogen and oxygen atoms in total. The predicted octanol–water partition coefficient (Wildman–Crippen LogP) is -0.0826. The van der Waals surface area contributed by atoms with Crippen LogP contribution in [0.25, 0.3) is 0 Å². The molecule has 4 aliphatic rings. The smallest absolute Gasteiger partial charge is 0.0608 e. The second kappa shape index (κ2) is 4.37. The minimum atomic E-state index is 0.700. The monoisotopic (exact) mass is 211 g/mol. The second-order valence-electron chi connectivity index (χ2n) is 4.97. The lowest BCUT2D eigenvalue weighted by Crippen LogP contribution is -2.61. The van der Waals surface area contributed by atoms with Gasteiger partial charge in [0.15, 0.2) is 0 Å². The third kappa shape index (κ3) is 2.18. The Bertz CT molecular complexity index is 210. The lowest BCUT2D eigenvalue weighted by Gasteiger charge is -2.47. The van der Waals surface area contributed by atoms with Crippen LogP contribution in [-0.4, -0.2) is 61.9 Å². The molecule has 0 aromatic heterocycles. The molecule has 0 aromatic carbocycles. The molecule has 4 heteroatoms. The van der Waals surface area contributed by atoms with Crippen molar-refractivity contribution in [3.05, 3.63) is 0 Å². The van der Waals surface area contributed by atoms with Crippen molar-refractivity contribution in [1.29, 1.82) is 0 Å². The summed E-state index contributed by atoms with van der Waals surface area (Å²) in [6.45, 7) is 7.76. The maximum Gasteiger partial charge on any atom is 0.0608 e. The molecule has 0 amide bonds. The number of piperidine rings is 3. The maximum absolute atomic E-state index is 5.36. The van der Waals surface area contributed by atoms with Crippen LogP contribution in [0.4, 0.5) is 0 Å². The summed E-state index contributed by atoms with van der Waals surface area (Å²) in [4.78, 5) is 2.60. The van der Waals surface area contributed by atoms with Gasteiger partial charge < -0.3 is 9.64 Å². The summed E-state index contributed by atoms with van der Waals surface area (Å²) >= 11 is 0. The van der Waals surface area contributed by atoms with Gasteiger partial charge in [0, 0.05) is 25.7 Å². The average molecular weight is 211 g/mol. The Hall–Kier alpha value is -0.160. The van der Waals surface area contributed by atoms with Crippen LogP contribution in [0, 0.1) is 5.92 Å². The number of ether oxygens (including phenoxy) is 1. The molecular formula is C11H21N3O. The van der Waals surface area contributed by atoms with Crippen LogP contribution in [0.3, 0.4) is 0 Å². The van der Waals surface area contributed by atoms with Crippen LogP contribution in [0.2, 0.25) is 0 Å². The molecule has 0 aromatic rings. The average Bonchev–Trinajstić information content (AvgIpc) is 2.32. The summed E-state index contributed by atoms with van der Waals surface area (Å²) in [5, 5.41) is 2.36. The first-order valence-electron chi connectivity index (χ1n) is 6.23. The van der Waals surface area contributed by atoms with Crippen molar-refractivity contribution >= 4 is 0 Å². The van der Waals surface area contributed by atoms with Crippen molar-refractivity contribution in [2.75, 3.05) is 45.9 Å². The normalized spacial score (nSPS) is 42.0. The zero-order chi connectivity index (χ0) is 10.1. The van der Waals surface area contributed by atoms with Gasteiger partial charge in [-0.2, -0.15) is 0 Å². The number of nitrogens with one attached hydrogen (secondary N) is 1. The van der Waals surface area contributed by atoms with Crippen molar-refractivity contribution in [3.8, 4) is 0 Å². The molecule has 0 radical (unpaired) electrons. The quantitative estimate of drug-likeness (QED) is 0.691. The van der Waals surface area contributed by atoms with Gasteiger partial charge >= 0.3 is 0 Å². The molecule has 15 heavy (non-hydrogen) atoms. The first-order valence-corrected chi connectivity index (χ1v) is 6.23. The Balaban J connectivity index is 1.54. The van der Waals surface area contributed by atoms with Gasteiger partial charge in [-0.15, -0.1) is 0 Å². The van der Waals surface area contributed by atoms with Crippen molar-refractivity contribution in [2.45, 2.75) is 18.9 Å². The van der Waals surface area contributed by atoms with E-state index in [1.807, 2.05) is 0 Å². The molecule has 0 spiro atoms. The number of hydrazine groups is 1. The fraction of sp³-hybridized carbons (Fsp3) is 1.00. The van der Waals surface area contributed by atoms with Gasteiger partial charge in [-0.3, -0.25) is 5.43 Å². The fourth-order valence-electron chi connectivity index (χ4n) is 3.04. The highest BCUT2D eigenvalue weighted by Crippen LogP contribution is 2.27. The lowest BCUT2D eigenvalue weighted by molar-refractivity contribution is -0.0265. The largest absolute Gasteiger partial charge is 0.379 e. The van der Waals surface area contributed by atoms with E-state index in [0.29, 0.717) is 6.04 Å². The van der Waals surface area contributed by atoms with Gasteiger partial charge in [0.2, 0.25) is 0 Å². The molecule has 86 valence electrons. The predicted molar refractivity (Wildman–Crippen MR) is 58.5 cm³/mol. The molecule has 0 saturated carbocycles. The van der Waals surface area contributed by atoms with E-state index in [2.05, 4.69) is 15.3 Å². The minimum Gasteiger partial charge on any atom is -0.379 e. The van der Waals surface area contributed by atoms with Crippen LogP contribution < -0.4 is 5.43 Å². The van der Waals surface area contributed by atoms with Gasteiger partial charge in [-0.1, -0.05) is 0 Å². The van der Waals surface area contributed by atoms with E-state index < -0.39 is 0 Å². The fourth-order valence-corrected chi connectivity index (χ4v) is 3.04. The number of hydrogen-bond acceptors (Lipinski definition) is 4.